The summed E-state index contributed by atoms with van der Waals surface area (Å²) in [5.41, 5.74) is 2.85. The minimum absolute atomic E-state index is 0.0354. The zero-order valence-corrected chi connectivity index (χ0v) is 19.5. The number of hydrogen-bond donors (Lipinski definition) is 2. The van der Waals surface area contributed by atoms with E-state index in [-0.39, 0.29) is 17.9 Å². The van der Waals surface area contributed by atoms with Crippen LogP contribution in [0, 0.1) is 4.77 Å². The monoisotopic (exact) mass is 475 g/mol. The topological polar surface area (TPSA) is 93.9 Å². The quantitative estimate of drug-likeness (QED) is 0.361. The molecule has 9 heteroatoms. The Kier molecular flexibility index (Phi) is 7.34. The van der Waals surface area contributed by atoms with Crippen molar-refractivity contribution in [1.29, 1.82) is 0 Å². The lowest BCUT2D eigenvalue weighted by Gasteiger charge is -2.09. The molecule has 0 atom stereocenters. The molecule has 0 aliphatic heterocycles. The molecule has 0 bridgehead atoms. The molecule has 2 aromatic carbocycles. The highest BCUT2D eigenvalue weighted by molar-refractivity contribution is 7.71. The molecule has 2 heterocycles. The van der Waals surface area contributed by atoms with Gasteiger partial charge in [-0.25, -0.2) is 0 Å². The first-order valence-corrected chi connectivity index (χ1v) is 11.2. The number of aromatic nitrogens is 4. The van der Waals surface area contributed by atoms with Crippen molar-refractivity contribution < 1.29 is 9.53 Å². The number of ether oxygens (including phenoxy) is 1. The number of benzene rings is 2. The van der Waals surface area contributed by atoms with Gasteiger partial charge in [0.05, 0.1) is 13.7 Å². The van der Waals surface area contributed by atoms with Gasteiger partial charge in [0.2, 0.25) is 5.91 Å². The van der Waals surface area contributed by atoms with Crippen molar-refractivity contribution in [2.75, 3.05) is 7.11 Å². The normalized spacial score (nSPS) is 10.7. The predicted molar refractivity (Wildman–Crippen MR) is 132 cm³/mol. The maximum Gasteiger partial charge on any atom is 0.250 e. The first-order chi connectivity index (χ1) is 16.5. The maximum atomic E-state index is 12.5. The number of hydrogen-bond acceptors (Lipinski definition) is 5. The smallest absolute Gasteiger partial charge is 0.250 e. The van der Waals surface area contributed by atoms with E-state index in [1.807, 2.05) is 59.2 Å². The van der Waals surface area contributed by atoms with E-state index in [1.165, 1.54) is 0 Å². The van der Waals surface area contributed by atoms with Gasteiger partial charge in [-0.15, -0.1) is 0 Å². The number of H-pyrrole nitrogens is 1. The van der Waals surface area contributed by atoms with E-state index in [2.05, 4.69) is 15.5 Å². The number of amides is 1. The minimum Gasteiger partial charge on any atom is -0.497 e. The fourth-order valence-corrected chi connectivity index (χ4v) is 3.76. The van der Waals surface area contributed by atoms with Gasteiger partial charge < -0.3 is 14.6 Å². The van der Waals surface area contributed by atoms with Crippen LogP contribution >= 0.6 is 12.2 Å². The molecule has 1 amide bonds. The summed E-state index contributed by atoms with van der Waals surface area (Å²) in [5.74, 6) is 1.35. The van der Waals surface area contributed by atoms with Gasteiger partial charge in [0.1, 0.15) is 5.75 Å². The number of carbonyl (C=O) groups excluding carboxylic acids is 1. The zero-order valence-electron chi connectivity index (χ0n) is 18.7. The largest absolute Gasteiger partial charge is 0.497 e. The molecule has 0 fully saturated rings. The lowest BCUT2D eigenvalue weighted by atomic mass is 10.1. The highest BCUT2D eigenvalue weighted by Crippen LogP contribution is 2.21. The Bertz CT molecular complexity index is 1370. The third kappa shape index (κ3) is 5.68. The van der Waals surface area contributed by atoms with E-state index in [9.17, 15) is 9.59 Å². The summed E-state index contributed by atoms with van der Waals surface area (Å²) in [6.07, 6.45) is 2.04. The average molecular weight is 476 g/mol. The molecule has 0 saturated carbocycles. The van der Waals surface area contributed by atoms with Crippen LogP contribution < -0.4 is 15.6 Å². The Morgan fingerprint density at radius 2 is 1.79 bits per heavy atom. The molecular formula is C25H25N5O3S. The Hall–Kier alpha value is -3.98. The van der Waals surface area contributed by atoms with Crippen LogP contribution in [0.5, 0.6) is 5.75 Å². The summed E-state index contributed by atoms with van der Waals surface area (Å²) in [4.78, 5) is 24.3. The van der Waals surface area contributed by atoms with E-state index in [1.54, 1.807) is 30.0 Å². The number of nitrogens with one attached hydrogen (secondary N) is 2. The molecule has 0 aliphatic rings. The number of methoxy groups -OCH3 is 1. The molecular weight excluding hydrogens is 450 g/mol. The van der Waals surface area contributed by atoms with Gasteiger partial charge >= 0.3 is 0 Å². The number of carbonyl (C=O) groups is 1. The Morgan fingerprint density at radius 1 is 1.06 bits per heavy atom. The van der Waals surface area contributed by atoms with Crippen LogP contribution in [-0.2, 0) is 24.4 Å². The van der Waals surface area contributed by atoms with Crippen molar-refractivity contribution in [1.82, 2.24) is 24.6 Å². The number of aromatic amines is 1. The fourth-order valence-electron chi connectivity index (χ4n) is 3.54. The van der Waals surface area contributed by atoms with Crippen molar-refractivity contribution in [2.45, 2.75) is 26.1 Å². The van der Waals surface area contributed by atoms with Crippen molar-refractivity contribution in [3.05, 3.63) is 99.2 Å². The second-order valence-corrected chi connectivity index (χ2v) is 8.13. The van der Waals surface area contributed by atoms with Gasteiger partial charge in [-0.3, -0.25) is 19.3 Å². The molecule has 0 spiro atoms. The van der Waals surface area contributed by atoms with E-state index in [4.69, 9.17) is 17.0 Å². The fraction of sp³-hybridized carbons (Fsp3) is 0.200. The molecule has 0 aliphatic carbocycles. The van der Waals surface area contributed by atoms with Crippen LogP contribution in [0.3, 0.4) is 0 Å². The number of nitrogens with zero attached hydrogens (tertiary/aromatic N) is 3. The Morgan fingerprint density at radius 3 is 2.50 bits per heavy atom. The Labute approximate surface area is 201 Å². The molecule has 34 heavy (non-hydrogen) atoms. The first kappa shape index (κ1) is 23.2. The highest BCUT2D eigenvalue weighted by atomic mass is 32.1. The van der Waals surface area contributed by atoms with E-state index in [0.29, 0.717) is 30.2 Å². The van der Waals surface area contributed by atoms with Crippen LogP contribution in [0.4, 0.5) is 0 Å². The second-order valence-electron chi connectivity index (χ2n) is 7.74. The molecule has 174 valence electrons. The van der Waals surface area contributed by atoms with Gasteiger partial charge in [0, 0.05) is 37.3 Å². The van der Waals surface area contributed by atoms with Gasteiger partial charge in [0.25, 0.3) is 5.56 Å². The summed E-state index contributed by atoms with van der Waals surface area (Å²) >= 11 is 5.35. The molecule has 0 unspecified atom stereocenters. The molecule has 8 nitrogen and oxygen atoms in total. The summed E-state index contributed by atoms with van der Waals surface area (Å²) in [6, 6.07) is 20.5. The highest BCUT2D eigenvalue weighted by Gasteiger charge is 2.11. The minimum atomic E-state index is -0.0799. The van der Waals surface area contributed by atoms with Crippen molar-refractivity contribution in [3.8, 4) is 17.1 Å². The van der Waals surface area contributed by atoms with Gasteiger partial charge in [0.15, 0.2) is 10.6 Å². The van der Waals surface area contributed by atoms with E-state index >= 15 is 0 Å². The summed E-state index contributed by atoms with van der Waals surface area (Å²) < 4.78 is 9.13. The molecule has 4 aromatic rings. The van der Waals surface area contributed by atoms with Gasteiger partial charge in [-0.2, -0.15) is 5.10 Å². The summed E-state index contributed by atoms with van der Waals surface area (Å²) in [7, 11) is 1.62. The lowest BCUT2D eigenvalue weighted by molar-refractivity contribution is -0.121. The third-order valence-corrected chi connectivity index (χ3v) is 5.75. The van der Waals surface area contributed by atoms with E-state index < -0.39 is 0 Å². The first-order valence-electron chi connectivity index (χ1n) is 10.8. The van der Waals surface area contributed by atoms with Crippen molar-refractivity contribution >= 4 is 18.1 Å². The van der Waals surface area contributed by atoms with Gasteiger partial charge in [-0.1, -0.05) is 30.3 Å². The van der Waals surface area contributed by atoms with Crippen LogP contribution in [0.2, 0.25) is 0 Å². The molecule has 2 aromatic heterocycles. The Balaban J connectivity index is 1.31. The molecule has 0 radical (unpaired) electrons. The maximum absolute atomic E-state index is 12.5. The van der Waals surface area contributed by atoms with Crippen molar-refractivity contribution in [3.63, 3.8) is 0 Å². The number of pyridine rings is 1. The van der Waals surface area contributed by atoms with E-state index in [0.717, 1.165) is 22.4 Å². The molecule has 2 N–H and O–H groups in total. The number of rotatable bonds is 9. The van der Waals surface area contributed by atoms with Gasteiger partial charge in [-0.05, 0) is 53.7 Å². The van der Waals surface area contributed by atoms with Crippen LogP contribution in [0.25, 0.3) is 11.4 Å². The molecule has 0 saturated heterocycles. The second kappa shape index (κ2) is 10.8. The van der Waals surface area contributed by atoms with Crippen LogP contribution in [0.15, 0.2) is 77.7 Å². The lowest BCUT2D eigenvalue weighted by Crippen LogP contribution is -2.24. The summed E-state index contributed by atoms with van der Waals surface area (Å²) in [6.45, 7) is 1.34. The molecule has 4 rings (SSSR count). The standard InChI is InChI=1S/C25H25N5O3S/c1-33-21-11-9-20(10-12-21)24-27-28-25(34)30(24)15-13-22(31)26-16-18-5-7-19(8-6-18)17-29-14-3-2-4-23(29)32/h2-12,14H,13,15-17H2,1H3,(H,26,31)(H,28,34). The summed E-state index contributed by atoms with van der Waals surface area (Å²) in [5, 5.41) is 10.1. The third-order valence-electron chi connectivity index (χ3n) is 5.43. The van der Waals surface area contributed by atoms with Crippen LogP contribution in [0.1, 0.15) is 17.5 Å². The van der Waals surface area contributed by atoms with Crippen molar-refractivity contribution in [2.24, 2.45) is 0 Å². The zero-order chi connectivity index (χ0) is 23.9. The predicted octanol–water partition coefficient (Wildman–Crippen LogP) is 3.53. The average Bonchev–Trinajstić information content (AvgIpc) is 3.24. The SMILES string of the molecule is COc1ccc(-c2n[nH]c(=S)n2CCC(=O)NCc2ccc(Cn3ccccc3=O)cc2)cc1. The van der Waals surface area contributed by atoms with Crippen LogP contribution in [-0.4, -0.2) is 32.3 Å².